The third kappa shape index (κ3) is 4.85. The van der Waals surface area contributed by atoms with Crippen LogP contribution in [-0.4, -0.2) is 68.6 Å². The number of anilines is 1. The number of carbonyl (C=O) groups is 2. The van der Waals surface area contributed by atoms with Crippen molar-refractivity contribution in [2.75, 3.05) is 37.3 Å². The largest absolute Gasteiger partial charge is 0.353 e. The van der Waals surface area contributed by atoms with E-state index in [0.717, 1.165) is 12.1 Å². The molecule has 2 aliphatic carbocycles. The van der Waals surface area contributed by atoms with Crippen molar-refractivity contribution in [2.24, 2.45) is 0 Å². The third-order valence-corrected chi connectivity index (χ3v) is 9.32. The van der Waals surface area contributed by atoms with Gasteiger partial charge in [-0.2, -0.15) is 0 Å². The fourth-order valence-corrected chi connectivity index (χ4v) is 6.68. The molecule has 0 bridgehead atoms. The zero-order valence-corrected chi connectivity index (χ0v) is 22.3. The molecule has 0 spiro atoms. The average molecular weight is 523 g/mol. The molecule has 2 saturated carbocycles. The van der Waals surface area contributed by atoms with Crippen molar-refractivity contribution in [3.8, 4) is 0 Å². The maximum absolute atomic E-state index is 13.5. The number of benzene rings is 1. The number of nitrogens with zero attached hydrogens (tertiary/aromatic N) is 3. The van der Waals surface area contributed by atoms with Crippen molar-refractivity contribution < 1.29 is 18.0 Å². The molecule has 1 aromatic carbocycles. The van der Waals surface area contributed by atoms with Crippen LogP contribution in [0.4, 0.5) is 5.82 Å². The molecule has 2 aliphatic heterocycles. The van der Waals surface area contributed by atoms with Crippen LogP contribution in [0, 0.1) is 0 Å². The van der Waals surface area contributed by atoms with Gasteiger partial charge in [-0.15, -0.1) is 0 Å². The topological polar surface area (TPSA) is 99.7 Å². The number of pyridine rings is 1. The highest BCUT2D eigenvalue weighted by Gasteiger charge is 2.35. The van der Waals surface area contributed by atoms with Crippen molar-refractivity contribution in [1.82, 2.24) is 15.2 Å². The van der Waals surface area contributed by atoms with Crippen LogP contribution in [0.15, 0.2) is 35.4 Å². The van der Waals surface area contributed by atoms with Gasteiger partial charge >= 0.3 is 0 Å². The van der Waals surface area contributed by atoms with Crippen molar-refractivity contribution in [3.05, 3.63) is 52.7 Å². The molecule has 196 valence electrons. The fourth-order valence-electron chi connectivity index (χ4n) is 5.77. The van der Waals surface area contributed by atoms with Crippen molar-refractivity contribution in [3.63, 3.8) is 0 Å². The van der Waals surface area contributed by atoms with Gasteiger partial charge in [0.05, 0.1) is 16.4 Å². The van der Waals surface area contributed by atoms with E-state index in [1.807, 2.05) is 13.1 Å². The van der Waals surface area contributed by atoms with Gasteiger partial charge in [0.2, 0.25) is 5.91 Å². The van der Waals surface area contributed by atoms with E-state index in [9.17, 15) is 18.0 Å². The second-order valence-electron chi connectivity index (χ2n) is 11.2. The van der Waals surface area contributed by atoms with Gasteiger partial charge in [-0.25, -0.2) is 13.4 Å². The molecule has 37 heavy (non-hydrogen) atoms. The first-order valence-electron chi connectivity index (χ1n) is 13.4. The van der Waals surface area contributed by atoms with Crippen LogP contribution in [0.5, 0.6) is 0 Å². The van der Waals surface area contributed by atoms with Crippen LogP contribution in [0.2, 0.25) is 0 Å². The molecular formula is C28H34N4O4S. The maximum Gasteiger partial charge on any atom is 0.255 e. The van der Waals surface area contributed by atoms with Gasteiger partial charge in [0, 0.05) is 44.7 Å². The molecule has 2 aromatic rings. The highest BCUT2D eigenvalue weighted by atomic mass is 32.2. The summed E-state index contributed by atoms with van der Waals surface area (Å²) in [5, 5.41) is 2.88. The summed E-state index contributed by atoms with van der Waals surface area (Å²) in [7, 11) is -3.67. The first-order valence-corrected chi connectivity index (χ1v) is 15.3. The molecule has 1 aromatic heterocycles. The Balaban J connectivity index is 1.20. The second kappa shape index (κ2) is 9.11. The minimum Gasteiger partial charge on any atom is -0.353 e. The first-order chi connectivity index (χ1) is 17.7. The highest BCUT2D eigenvalue weighted by molar-refractivity contribution is 7.90. The Hall–Kier alpha value is -2.94. The van der Waals surface area contributed by atoms with E-state index < -0.39 is 15.8 Å². The number of hydrogen-bond acceptors (Lipinski definition) is 6. The normalized spacial score (nSPS) is 24.3. The summed E-state index contributed by atoms with van der Waals surface area (Å²) in [5.74, 6) is 1.53. The molecule has 2 atom stereocenters. The van der Waals surface area contributed by atoms with Crippen LogP contribution in [0.1, 0.15) is 83.8 Å². The molecule has 3 heterocycles. The Kier molecular flexibility index (Phi) is 6.01. The highest BCUT2D eigenvalue weighted by Crippen LogP contribution is 2.47. The number of carbonyl (C=O) groups excluding carboxylic acids is 2. The van der Waals surface area contributed by atoms with Crippen molar-refractivity contribution in [1.29, 1.82) is 0 Å². The molecule has 8 nitrogen and oxygen atoms in total. The summed E-state index contributed by atoms with van der Waals surface area (Å²) in [5.41, 5.74) is 3.53. The number of amides is 2. The molecule has 6 rings (SSSR count). The number of aromatic nitrogens is 1. The van der Waals surface area contributed by atoms with Gasteiger partial charge in [-0.1, -0.05) is 12.1 Å². The lowest BCUT2D eigenvalue weighted by Gasteiger charge is -2.36. The van der Waals surface area contributed by atoms with Gasteiger partial charge in [0.25, 0.3) is 5.91 Å². The Morgan fingerprint density at radius 3 is 2.30 bits per heavy atom. The Bertz CT molecular complexity index is 1360. The summed E-state index contributed by atoms with van der Waals surface area (Å²) in [4.78, 5) is 34.7. The molecule has 4 fully saturated rings. The minimum absolute atomic E-state index is 0.00173. The van der Waals surface area contributed by atoms with E-state index in [0.29, 0.717) is 50.0 Å². The van der Waals surface area contributed by atoms with Gasteiger partial charge in [-0.3, -0.25) is 9.59 Å². The quantitative estimate of drug-likeness (QED) is 0.626. The van der Waals surface area contributed by atoms with Crippen molar-refractivity contribution >= 4 is 27.5 Å². The lowest BCUT2D eigenvalue weighted by atomic mass is 9.95. The maximum atomic E-state index is 13.5. The number of hydrogen-bond donors (Lipinski definition) is 1. The summed E-state index contributed by atoms with van der Waals surface area (Å²) >= 11 is 0. The lowest BCUT2D eigenvalue weighted by molar-refractivity contribution is -0.120. The molecule has 1 unspecified atom stereocenters. The smallest absolute Gasteiger partial charge is 0.255 e. The van der Waals surface area contributed by atoms with E-state index in [2.05, 4.69) is 16.3 Å². The second-order valence-corrected chi connectivity index (χ2v) is 13.2. The third-order valence-electron chi connectivity index (χ3n) is 8.18. The molecule has 9 heteroatoms. The Morgan fingerprint density at radius 2 is 1.70 bits per heavy atom. The number of nitrogens with one attached hydrogen (secondary N) is 1. The van der Waals surface area contributed by atoms with Gasteiger partial charge in [0.1, 0.15) is 5.82 Å². The molecule has 2 saturated heterocycles. The Morgan fingerprint density at radius 1 is 1.00 bits per heavy atom. The summed E-state index contributed by atoms with van der Waals surface area (Å²) in [6.45, 7) is 4.25. The summed E-state index contributed by atoms with van der Waals surface area (Å²) < 4.78 is 25.4. The summed E-state index contributed by atoms with van der Waals surface area (Å²) in [6, 6.07) is 7.24. The Labute approximate surface area is 218 Å². The van der Waals surface area contributed by atoms with Crippen LogP contribution in [0.25, 0.3) is 0 Å². The standard InChI is InChI=1S/C28H34N4O4S/c1-17-13-24(27(33)30-17)20-7-8-22(25(15-20)37(2,35)36)28(34)32-11-9-31(10-12-32)26-23(19-5-6-19)14-21(16-29-26)18-3-4-18/h7-8,14-19,24H,3-6,9-13H2,1-2H3,(H,30,33)/t17?,24-/m0/s1. The van der Waals surface area contributed by atoms with Crippen LogP contribution in [0.3, 0.4) is 0 Å². The van der Waals surface area contributed by atoms with E-state index >= 15 is 0 Å². The zero-order valence-electron chi connectivity index (χ0n) is 21.4. The van der Waals surface area contributed by atoms with Gasteiger partial charge in [-0.05, 0) is 79.7 Å². The van der Waals surface area contributed by atoms with Crippen LogP contribution >= 0.6 is 0 Å². The molecular weight excluding hydrogens is 488 g/mol. The van der Waals surface area contributed by atoms with Gasteiger partial charge in [0.15, 0.2) is 9.84 Å². The van der Waals surface area contributed by atoms with E-state index in [-0.39, 0.29) is 28.3 Å². The average Bonchev–Trinajstić information content (AvgIpc) is 3.80. The predicted molar refractivity (Wildman–Crippen MR) is 141 cm³/mol. The number of sulfone groups is 1. The van der Waals surface area contributed by atoms with Crippen LogP contribution < -0.4 is 10.2 Å². The SMILES string of the molecule is CC1C[C@@H](c2ccc(C(=O)N3CCN(c4ncc(C5CC5)cc4C4CC4)CC3)c(S(C)(=O)=O)c2)C(=O)N1. The molecule has 4 aliphatic rings. The predicted octanol–water partition coefficient (Wildman–Crippen LogP) is 3.19. The lowest BCUT2D eigenvalue weighted by Crippen LogP contribution is -2.49. The van der Waals surface area contributed by atoms with Crippen molar-refractivity contribution in [2.45, 2.75) is 67.7 Å². The first kappa shape index (κ1) is 24.4. The summed E-state index contributed by atoms with van der Waals surface area (Å²) in [6.07, 6.45) is 8.70. The monoisotopic (exact) mass is 522 g/mol. The van der Waals surface area contributed by atoms with E-state index in [1.54, 1.807) is 17.0 Å². The molecule has 0 radical (unpaired) electrons. The molecule has 1 N–H and O–H groups in total. The number of piperazine rings is 1. The van der Waals surface area contributed by atoms with Crippen LogP contribution in [-0.2, 0) is 14.6 Å². The number of rotatable bonds is 6. The fraction of sp³-hybridized carbons (Fsp3) is 0.536. The van der Waals surface area contributed by atoms with Gasteiger partial charge < -0.3 is 15.1 Å². The molecule has 2 amide bonds. The minimum atomic E-state index is -3.67. The van der Waals surface area contributed by atoms with E-state index in [1.165, 1.54) is 42.9 Å². The van der Waals surface area contributed by atoms with E-state index in [4.69, 9.17) is 4.98 Å². The zero-order chi connectivity index (χ0) is 25.9.